The molecule has 28 heavy (non-hydrogen) atoms. The van der Waals surface area contributed by atoms with E-state index < -0.39 is 0 Å². The molecule has 0 unspecified atom stereocenters. The summed E-state index contributed by atoms with van der Waals surface area (Å²) < 4.78 is 0. The van der Waals surface area contributed by atoms with Gasteiger partial charge in [0.2, 0.25) is 11.8 Å². The van der Waals surface area contributed by atoms with E-state index in [-0.39, 0.29) is 30.4 Å². The molecule has 0 aliphatic carbocycles. The van der Waals surface area contributed by atoms with E-state index >= 15 is 0 Å². The number of amides is 2. The summed E-state index contributed by atoms with van der Waals surface area (Å²) in [5.41, 5.74) is 1.53. The molecule has 5 nitrogen and oxygen atoms in total. The minimum Gasteiger partial charge on any atom is -0.326 e. The van der Waals surface area contributed by atoms with Gasteiger partial charge in [-0.05, 0) is 49.6 Å². The molecular formula is C23H26N2O3. The second-order valence-corrected chi connectivity index (χ2v) is 6.44. The van der Waals surface area contributed by atoms with Crippen molar-refractivity contribution in [2.75, 3.05) is 10.6 Å². The number of hydrogen-bond donors (Lipinski definition) is 2. The van der Waals surface area contributed by atoms with Crippen molar-refractivity contribution in [3.8, 4) is 0 Å². The number of allylic oxidation sites excluding steroid dienone is 2. The van der Waals surface area contributed by atoms with Gasteiger partial charge in [-0.25, -0.2) is 0 Å². The fourth-order valence-electron chi connectivity index (χ4n) is 2.57. The van der Waals surface area contributed by atoms with Crippen molar-refractivity contribution < 1.29 is 14.4 Å². The highest BCUT2D eigenvalue weighted by molar-refractivity contribution is 5.96. The highest BCUT2D eigenvalue weighted by Gasteiger charge is 2.05. The molecule has 0 aliphatic heterocycles. The molecule has 2 rings (SSSR count). The van der Waals surface area contributed by atoms with Crippen molar-refractivity contribution in [2.24, 2.45) is 0 Å². The Morgan fingerprint density at radius 3 is 1.79 bits per heavy atom. The predicted octanol–water partition coefficient (Wildman–Crippen LogP) is 4.73. The molecule has 2 N–H and O–H groups in total. The van der Waals surface area contributed by atoms with Crippen molar-refractivity contribution in [3.05, 3.63) is 72.8 Å². The predicted molar refractivity (Wildman–Crippen MR) is 112 cm³/mol. The first-order chi connectivity index (χ1) is 13.6. The van der Waals surface area contributed by atoms with Gasteiger partial charge in [-0.3, -0.25) is 14.4 Å². The zero-order valence-electron chi connectivity index (χ0n) is 15.9. The summed E-state index contributed by atoms with van der Waals surface area (Å²) in [6.45, 7) is 0. The first-order valence-electron chi connectivity index (χ1n) is 9.52. The fourth-order valence-corrected chi connectivity index (χ4v) is 2.57. The number of carbonyl (C=O) groups is 3. The van der Waals surface area contributed by atoms with Gasteiger partial charge in [-0.15, -0.1) is 0 Å². The molecular weight excluding hydrogens is 352 g/mol. The van der Waals surface area contributed by atoms with Gasteiger partial charge in [0.15, 0.2) is 5.78 Å². The van der Waals surface area contributed by atoms with Crippen LogP contribution in [0.25, 0.3) is 0 Å². The summed E-state index contributed by atoms with van der Waals surface area (Å²) in [5.74, 6) is -0.238. The Morgan fingerprint density at radius 2 is 1.21 bits per heavy atom. The lowest BCUT2D eigenvalue weighted by Crippen LogP contribution is -2.12. The van der Waals surface area contributed by atoms with Crippen LogP contribution < -0.4 is 10.6 Å². The lowest BCUT2D eigenvalue weighted by atomic mass is 10.1. The normalized spacial score (nSPS) is 10.6. The quantitative estimate of drug-likeness (QED) is 0.438. The first kappa shape index (κ1) is 21.1. The van der Waals surface area contributed by atoms with E-state index in [1.54, 1.807) is 12.1 Å². The van der Waals surface area contributed by atoms with Gasteiger partial charge in [-0.2, -0.15) is 0 Å². The van der Waals surface area contributed by atoms with Crippen molar-refractivity contribution in [2.45, 2.75) is 38.5 Å². The molecule has 0 aliphatic rings. The Labute approximate surface area is 165 Å². The Bertz CT molecular complexity index is 786. The number of hydrogen-bond acceptors (Lipinski definition) is 3. The Kier molecular flexibility index (Phi) is 9.21. The van der Waals surface area contributed by atoms with Crippen molar-refractivity contribution in [1.29, 1.82) is 0 Å². The molecule has 5 heteroatoms. The SMILES string of the molecule is O=C(/C=C/CCCCC(=O)Nc1ccccc1)CCC(=O)Nc1ccccc1. The van der Waals surface area contributed by atoms with Crippen LogP contribution >= 0.6 is 0 Å². The molecule has 2 aromatic carbocycles. The van der Waals surface area contributed by atoms with Gasteiger partial charge in [0.05, 0.1) is 0 Å². The molecule has 0 atom stereocenters. The maximum atomic E-state index is 11.8. The number of anilines is 2. The number of nitrogens with one attached hydrogen (secondary N) is 2. The van der Waals surface area contributed by atoms with E-state index in [1.165, 1.54) is 6.08 Å². The number of carbonyl (C=O) groups excluding carboxylic acids is 3. The minimum absolute atomic E-state index is 0.00400. The second-order valence-electron chi connectivity index (χ2n) is 6.44. The maximum absolute atomic E-state index is 11.8. The van der Waals surface area contributed by atoms with Crippen LogP contribution in [0, 0.1) is 0 Å². The molecule has 0 radical (unpaired) electrons. The van der Waals surface area contributed by atoms with E-state index in [9.17, 15) is 14.4 Å². The maximum Gasteiger partial charge on any atom is 0.224 e. The third-order valence-electron chi connectivity index (χ3n) is 4.04. The van der Waals surface area contributed by atoms with Gasteiger partial charge in [0, 0.05) is 30.6 Å². The largest absolute Gasteiger partial charge is 0.326 e. The highest BCUT2D eigenvalue weighted by atomic mass is 16.2. The molecule has 0 saturated carbocycles. The number of benzene rings is 2. The van der Waals surface area contributed by atoms with E-state index in [1.807, 2.05) is 54.6 Å². The van der Waals surface area contributed by atoms with Gasteiger partial charge < -0.3 is 10.6 Å². The molecule has 0 aromatic heterocycles. The van der Waals surface area contributed by atoms with Crippen LogP contribution in [0.2, 0.25) is 0 Å². The summed E-state index contributed by atoms with van der Waals surface area (Å²) in [4.78, 5) is 35.4. The summed E-state index contributed by atoms with van der Waals surface area (Å²) in [6.07, 6.45) is 6.48. The third-order valence-corrected chi connectivity index (χ3v) is 4.04. The summed E-state index contributed by atoms with van der Waals surface area (Å²) >= 11 is 0. The third kappa shape index (κ3) is 8.94. The molecule has 146 valence electrons. The van der Waals surface area contributed by atoms with E-state index in [0.29, 0.717) is 6.42 Å². The number of para-hydroxylation sites is 2. The van der Waals surface area contributed by atoms with Crippen molar-refractivity contribution in [3.63, 3.8) is 0 Å². The first-order valence-corrected chi connectivity index (χ1v) is 9.52. The molecule has 0 fully saturated rings. The molecule has 0 heterocycles. The molecule has 0 bridgehead atoms. The summed E-state index contributed by atoms with van der Waals surface area (Å²) in [7, 11) is 0. The highest BCUT2D eigenvalue weighted by Crippen LogP contribution is 2.09. The average Bonchev–Trinajstić information content (AvgIpc) is 2.70. The van der Waals surface area contributed by atoms with Gasteiger partial charge in [-0.1, -0.05) is 42.5 Å². The Hall–Kier alpha value is -3.21. The number of ketones is 1. The zero-order chi connectivity index (χ0) is 20.0. The van der Waals surface area contributed by atoms with Crippen LogP contribution in [0.5, 0.6) is 0 Å². The van der Waals surface area contributed by atoms with Crippen LogP contribution in [-0.2, 0) is 14.4 Å². The van der Waals surface area contributed by atoms with Gasteiger partial charge in [0.25, 0.3) is 0 Å². The molecule has 2 amide bonds. The van der Waals surface area contributed by atoms with Crippen LogP contribution in [0.15, 0.2) is 72.8 Å². The second kappa shape index (κ2) is 12.2. The Morgan fingerprint density at radius 1 is 0.679 bits per heavy atom. The van der Waals surface area contributed by atoms with Crippen molar-refractivity contribution in [1.82, 2.24) is 0 Å². The van der Waals surface area contributed by atoms with Crippen LogP contribution in [0.3, 0.4) is 0 Å². The monoisotopic (exact) mass is 378 g/mol. The lowest BCUT2D eigenvalue weighted by molar-refractivity contribution is -0.120. The van der Waals surface area contributed by atoms with Crippen LogP contribution in [-0.4, -0.2) is 17.6 Å². The zero-order valence-corrected chi connectivity index (χ0v) is 15.9. The van der Waals surface area contributed by atoms with Gasteiger partial charge in [0.1, 0.15) is 0 Å². The van der Waals surface area contributed by atoms with E-state index in [4.69, 9.17) is 0 Å². The lowest BCUT2D eigenvalue weighted by Gasteiger charge is -2.04. The number of unbranched alkanes of at least 4 members (excludes halogenated alkanes) is 2. The minimum atomic E-state index is -0.169. The van der Waals surface area contributed by atoms with Crippen LogP contribution in [0.1, 0.15) is 38.5 Å². The smallest absolute Gasteiger partial charge is 0.224 e. The fraction of sp³-hybridized carbons (Fsp3) is 0.261. The molecule has 0 spiro atoms. The Balaban J connectivity index is 1.53. The van der Waals surface area contributed by atoms with Gasteiger partial charge >= 0.3 is 0 Å². The molecule has 0 saturated heterocycles. The standard InChI is InChI=1S/C23H26N2O3/c26-21(17-18-23(28)25-20-13-7-4-8-14-20)15-9-1-2-10-16-22(27)24-19-11-5-3-6-12-19/h3-9,11-15H,1-2,10,16-18H2,(H,24,27)(H,25,28)/b15-9+. The molecule has 2 aromatic rings. The summed E-state index contributed by atoms with van der Waals surface area (Å²) in [5, 5.41) is 5.60. The van der Waals surface area contributed by atoms with E-state index in [0.717, 1.165) is 30.6 Å². The number of rotatable bonds is 11. The van der Waals surface area contributed by atoms with Crippen LogP contribution in [0.4, 0.5) is 11.4 Å². The average molecular weight is 378 g/mol. The summed E-state index contributed by atoms with van der Waals surface area (Å²) in [6, 6.07) is 18.5. The van der Waals surface area contributed by atoms with Crippen molar-refractivity contribution >= 4 is 29.0 Å². The topological polar surface area (TPSA) is 75.3 Å². The van der Waals surface area contributed by atoms with E-state index in [2.05, 4.69) is 10.6 Å².